The highest BCUT2D eigenvalue weighted by Gasteiger charge is 2.62. The van der Waals surface area contributed by atoms with E-state index in [2.05, 4.69) is 23.1 Å². The van der Waals surface area contributed by atoms with E-state index in [1.165, 1.54) is 12.0 Å². The summed E-state index contributed by atoms with van der Waals surface area (Å²) in [5.41, 5.74) is 2.75. The van der Waals surface area contributed by atoms with Crippen LogP contribution in [0.1, 0.15) is 36.8 Å². The number of benzene rings is 2. The molecule has 136 valence electrons. The number of rotatable bonds is 3. The SMILES string of the molecule is N#Cc1ccc(CN2C3CCC2C2(CCN(c4ccccc4)C2=O)C3)cc1. The van der Waals surface area contributed by atoms with Crippen LogP contribution in [0.4, 0.5) is 5.69 Å². The van der Waals surface area contributed by atoms with Gasteiger partial charge in [0.2, 0.25) is 5.91 Å². The summed E-state index contributed by atoms with van der Waals surface area (Å²) in [6.07, 6.45) is 4.28. The molecule has 0 aliphatic carbocycles. The zero-order chi connectivity index (χ0) is 18.4. The Bertz CT molecular complexity index is 901. The minimum absolute atomic E-state index is 0.203. The van der Waals surface area contributed by atoms with E-state index in [0.29, 0.717) is 23.6 Å². The summed E-state index contributed by atoms with van der Waals surface area (Å²) in [7, 11) is 0. The van der Waals surface area contributed by atoms with Crippen LogP contribution in [0.2, 0.25) is 0 Å². The highest BCUT2D eigenvalue weighted by molar-refractivity contribution is 6.00. The van der Waals surface area contributed by atoms with Crippen LogP contribution in [0.5, 0.6) is 0 Å². The maximum Gasteiger partial charge on any atom is 0.234 e. The van der Waals surface area contributed by atoms with Crippen LogP contribution in [0, 0.1) is 16.7 Å². The van der Waals surface area contributed by atoms with Crippen LogP contribution in [0.25, 0.3) is 0 Å². The van der Waals surface area contributed by atoms with Crippen LogP contribution >= 0.6 is 0 Å². The molecule has 4 heteroatoms. The van der Waals surface area contributed by atoms with E-state index < -0.39 is 0 Å². The van der Waals surface area contributed by atoms with Gasteiger partial charge in [0.05, 0.1) is 17.0 Å². The largest absolute Gasteiger partial charge is 0.312 e. The van der Waals surface area contributed by atoms with Crippen molar-refractivity contribution in [3.05, 3.63) is 65.7 Å². The van der Waals surface area contributed by atoms with Gasteiger partial charge in [0.15, 0.2) is 0 Å². The first-order chi connectivity index (χ1) is 13.2. The first-order valence-corrected chi connectivity index (χ1v) is 9.83. The summed E-state index contributed by atoms with van der Waals surface area (Å²) < 4.78 is 0. The zero-order valence-electron chi connectivity index (χ0n) is 15.3. The Labute approximate surface area is 160 Å². The van der Waals surface area contributed by atoms with E-state index in [-0.39, 0.29) is 5.41 Å². The quantitative estimate of drug-likeness (QED) is 0.841. The Morgan fingerprint density at radius 2 is 1.85 bits per heavy atom. The van der Waals surface area contributed by atoms with Crippen molar-refractivity contribution in [2.75, 3.05) is 11.4 Å². The van der Waals surface area contributed by atoms with Crippen LogP contribution < -0.4 is 4.90 Å². The second-order valence-electron chi connectivity index (χ2n) is 8.13. The topological polar surface area (TPSA) is 47.3 Å². The predicted octanol–water partition coefficient (Wildman–Crippen LogP) is 3.72. The first kappa shape index (κ1) is 16.5. The van der Waals surface area contributed by atoms with Crippen LogP contribution in [0.3, 0.4) is 0 Å². The van der Waals surface area contributed by atoms with Gasteiger partial charge >= 0.3 is 0 Å². The number of anilines is 1. The second-order valence-corrected chi connectivity index (χ2v) is 8.13. The summed E-state index contributed by atoms with van der Waals surface area (Å²) in [4.78, 5) is 18.0. The molecule has 2 aromatic carbocycles. The van der Waals surface area contributed by atoms with Crippen molar-refractivity contribution < 1.29 is 4.79 Å². The van der Waals surface area contributed by atoms with Gasteiger partial charge < -0.3 is 4.90 Å². The van der Waals surface area contributed by atoms with Gasteiger partial charge in [-0.2, -0.15) is 5.26 Å². The third kappa shape index (κ3) is 2.49. The number of carbonyl (C=O) groups excluding carboxylic acids is 1. The number of fused-ring (bicyclic) bond motifs is 3. The standard InChI is InChI=1S/C23H23N3O/c24-15-17-6-8-18(9-7-17)16-26-20-10-11-21(26)23(14-20)12-13-25(22(23)27)19-4-2-1-3-5-19/h1-9,20-21H,10-14,16H2. The zero-order valence-corrected chi connectivity index (χ0v) is 15.3. The molecule has 3 unspecified atom stereocenters. The minimum Gasteiger partial charge on any atom is -0.312 e. The molecule has 3 saturated heterocycles. The third-order valence-electron chi connectivity index (χ3n) is 6.85. The number of nitriles is 1. The maximum absolute atomic E-state index is 13.5. The Hall–Kier alpha value is -2.64. The smallest absolute Gasteiger partial charge is 0.234 e. The van der Waals surface area contributed by atoms with Crippen molar-refractivity contribution in [1.29, 1.82) is 5.26 Å². The van der Waals surface area contributed by atoms with Crippen molar-refractivity contribution in [2.24, 2.45) is 5.41 Å². The average Bonchev–Trinajstić information content (AvgIpc) is 3.35. The highest BCUT2D eigenvalue weighted by atomic mass is 16.2. The first-order valence-electron chi connectivity index (χ1n) is 9.83. The Morgan fingerprint density at radius 3 is 2.59 bits per heavy atom. The van der Waals surface area contributed by atoms with Crippen molar-refractivity contribution in [2.45, 2.75) is 44.3 Å². The van der Waals surface area contributed by atoms with Crippen molar-refractivity contribution in [3.63, 3.8) is 0 Å². The third-order valence-corrected chi connectivity index (χ3v) is 6.85. The molecule has 3 aliphatic heterocycles. The molecule has 27 heavy (non-hydrogen) atoms. The lowest BCUT2D eigenvalue weighted by Gasteiger charge is -2.32. The normalized spacial score (nSPS) is 29.6. The van der Waals surface area contributed by atoms with Crippen molar-refractivity contribution in [1.82, 2.24) is 4.90 Å². The summed E-state index contributed by atoms with van der Waals surface area (Å²) in [5, 5.41) is 8.99. The Morgan fingerprint density at radius 1 is 1.07 bits per heavy atom. The lowest BCUT2D eigenvalue weighted by Crippen LogP contribution is -2.43. The van der Waals surface area contributed by atoms with Crippen LogP contribution in [-0.2, 0) is 11.3 Å². The fourth-order valence-corrected chi connectivity index (χ4v) is 5.58. The van der Waals surface area contributed by atoms with Gasteiger partial charge in [-0.15, -0.1) is 0 Å². The lowest BCUT2D eigenvalue weighted by atomic mass is 9.72. The molecule has 3 aliphatic rings. The van der Waals surface area contributed by atoms with Gasteiger partial charge in [-0.05, 0) is 55.5 Å². The molecular weight excluding hydrogens is 334 g/mol. The predicted molar refractivity (Wildman–Crippen MR) is 104 cm³/mol. The summed E-state index contributed by atoms with van der Waals surface area (Å²) in [5.74, 6) is 0.325. The Kier molecular flexibility index (Phi) is 3.80. The lowest BCUT2D eigenvalue weighted by molar-refractivity contribution is -0.127. The molecule has 0 radical (unpaired) electrons. The van der Waals surface area contributed by atoms with Gasteiger partial charge in [-0.25, -0.2) is 0 Å². The molecular formula is C23H23N3O. The fourth-order valence-electron chi connectivity index (χ4n) is 5.58. The monoisotopic (exact) mass is 357 g/mol. The van der Waals surface area contributed by atoms with E-state index in [4.69, 9.17) is 5.26 Å². The summed E-state index contributed by atoms with van der Waals surface area (Å²) >= 11 is 0. The second kappa shape index (κ2) is 6.21. The molecule has 0 N–H and O–H groups in total. The van der Waals surface area contributed by atoms with Gasteiger partial charge in [0.25, 0.3) is 0 Å². The molecule has 1 spiro atoms. The average molecular weight is 357 g/mol. The summed E-state index contributed by atoms with van der Waals surface area (Å²) in [6.45, 7) is 1.71. The number of para-hydroxylation sites is 1. The van der Waals surface area contributed by atoms with Crippen LogP contribution in [-0.4, -0.2) is 29.4 Å². The molecule has 2 aromatic rings. The minimum atomic E-state index is -0.203. The molecule has 5 rings (SSSR count). The van der Waals surface area contributed by atoms with Crippen LogP contribution in [0.15, 0.2) is 54.6 Å². The van der Waals surface area contributed by atoms with Gasteiger partial charge in [-0.3, -0.25) is 9.69 Å². The molecule has 3 fully saturated rings. The number of hydrogen-bond donors (Lipinski definition) is 0. The number of nitrogens with zero attached hydrogens (tertiary/aromatic N) is 3. The van der Waals surface area contributed by atoms with Gasteiger partial charge in [-0.1, -0.05) is 30.3 Å². The van der Waals surface area contributed by atoms with E-state index in [9.17, 15) is 4.79 Å². The maximum atomic E-state index is 13.5. The van der Waals surface area contributed by atoms with E-state index >= 15 is 0 Å². The highest BCUT2D eigenvalue weighted by Crippen LogP contribution is 2.55. The van der Waals surface area contributed by atoms with E-state index in [0.717, 1.165) is 38.0 Å². The molecule has 3 atom stereocenters. The summed E-state index contributed by atoms with van der Waals surface area (Å²) in [6, 6.07) is 21.0. The molecule has 0 saturated carbocycles. The van der Waals surface area contributed by atoms with E-state index in [1.54, 1.807) is 0 Å². The molecule has 1 amide bonds. The van der Waals surface area contributed by atoms with Gasteiger partial charge in [0, 0.05) is 30.9 Å². The number of amides is 1. The molecule has 3 heterocycles. The van der Waals surface area contributed by atoms with Crippen molar-refractivity contribution in [3.8, 4) is 6.07 Å². The fraction of sp³-hybridized carbons (Fsp3) is 0.391. The molecule has 4 nitrogen and oxygen atoms in total. The van der Waals surface area contributed by atoms with Gasteiger partial charge in [0.1, 0.15) is 0 Å². The number of hydrogen-bond acceptors (Lipinski definition) is 3. The van der Waals surface area contributed by atoms with E-state index in [1.807, 2.05) is 47.4 Å². The molecule has 2 bridgehead atoms. The molecule has 0 aromatic heterocycles. The number of carbonyl (C=O) groups is 1. The Balaban J connectivity index is 1.38. The van der Waals surface area contributed by atoms with Crippen molar-refractivity contribution >= 4 is 11.6 Å².